The first-order valence-corrected chi connectivity index (χ1v) is 11.9. The molecule has 3 rings (SSSR count). The van der Waals surface area contributed by atoms with E-state index in [9.17, 15) is 18.0 Å². The highest BCUT2D eigenvalue weighted by Crippen LogP contribution is 2.36. The molecule has 0 atom stereocenters. The van der Waals surface area contributed by atoms with E-state index in [0.717, 1.165) is 11.3 Å². The Balaban J connectivity index is 1.81. The van der Waals surface area contributed by atoms with Gasteiger partial charge in [-0.2, -0.15) is 0 Å². The van der Waals surface area contributed by atoms with Gasteiger partial charge in [0.15, 0.2) is 9.84 Å². The second kappa shape index (κ2) is 8.67. The number of fused-ring (bicyclic) bond motifs is 1. The third kappa shape index (κ3) is 4.53. The summed E-state index contributed by atoms with van der Waals surface area (Å²) in [5.74, 6) is -0.664. The Labute approximate surface area is 179 Å². The van der Waals surface area contributed by atoms with E-state index < -0.39 is 9.84 Å². The number of benzene rings is 2. The summed E-state index contributed by atoms with van der Waals surface area (Å²) in [6.45, 7) is 4.32. The van der Waals surface area contributed by atoms with Crippen molar-refractivity contribution in [2.24, 2.45) is 0 Å². The number of amides is 2. The molecule has 2 aromatic carbocycles. The summed E-state index contributed by atoms with van der Waals surface area (Å²) in [4.78, 5) is 27.8. The molecule has 0 N–H and O–H groups in total. The smallest absolute Gasteiger partial charge is 0.228 e. The van der Waals surface area contributed by atoms with Crippen LogP contribution in [0.3, 0.4) is 0 Å². The molecule has 0 fully saturated rings. The van der Waals surface area contributed by atoms with E-state index in [2.05, 4.69) is 15.9 Å². The van der Waals surface area contributed by atoms with Gasteiger partial charge in [0.1, 0.15) is 0 Å². The van der Waals surface area contributed by atoms with Gasteiger partial charge in [-0.15, -0.1) is 0 Å². The predicted octanol–water partition coefficient (Wildman–Crippen LogP) is 3.58. The van der Waals surface area contributed by atoms with Gasteiger partial charge in [0.2, 0.25) is 11.8 Å². The molecule has 0 unspecified atom stereocenters. The monoisotopic (exact) mass is 478 g/mol. The van der Waals surface area contributed by atoms with Crippen LogP contribution in [-0.4, -0.2) is 39.1 Å². The van der Waals surface area contributed by atoms with Gasteiger partial charge in [0.05, 0.1) is 10.6 Å². The number of carbonyl (C=O) groups is 2. The van der Waals surface area contributed by atoms with Gasteiger partial charge in [0, 0.05) is 42.3 Å². The van der Waals surface area contributed by atoms with Crippen LogP contribution >= 0.6 is 15.9 Å². The second-order valence-electron chi connectivity index (χ2n) is 6.87. The lowest BCUT2D eigenvalue weighted by Gasteiger charge is -2.21. The molecule has 154 valence electrons. The van der Waals surface area contributed by atoms with Gasteiger partial charge in [-0.05, 0) is 59.1 Å². The molecule has 0 saturated heterocycles. The van der Waals surface area contributed by atoms with Gasteiger partial charge in [-0.3, -0.25) is 9.59 Å². The number of rotatable bonds is 6. The Morgan fingerprint density at radius 1 is 1.17 bits per heavy atom. The number of halogens is 1. The molecular weight excluding hydrogens is 456 g/mol. The minimum Gasteiger partial charge on any atom is -0.313 e. The molecule has 1 heterocycles. The molecule has 0 radical (unpaired) electrons. The average Bonchev–Trinajstić information content (AvgIpc) is 3.10. The van der Waals surface area contributed by atoms with Crippen LogP contribution < -0.4 is 9.80 Å². The highest BCUT2D eigenvalue weighted by Gasteiger charge is 2.28. The zero-order chi connectivity index (χ0) is 21.2. The minimum atomic E-state index is -3.71. The molecule has 0 spiro atoms. The Morgan fingerprint density at radius 3 is 2.48 bits per heavy atom. The molecule has 0 saturated carbocycles. The van der Waals surface area contributed by atoms with Crippen LogP contribution in [-0.2, 0) is 25.8 Å². The van der Waals surface area contributed by atoms with Crippen LogP contribution in [0.5, 0.6) is 0 Å². The Morgan fingerprint density at radius 2 is 1.86 bits per heavy atom. The number of para-hydroxylation sites is 1. The first kappa shape index (κ1) is 21.5. The molecule has 6 nitrogen and oxygen atoms in total. The maximum Gasteiger partial charge on any atom is 0.228 e. The number of carbonyl (C=O) groups excluding carboxylic acids is 2. The average molecular weight is 479 g/mol. The zero-order valence-corrected chi connectivity index (χ0v) is 18.8. The summed E-state index contributed by atoms with van der Waals surface area (Å²) in [6.07, 6.45) is 0.569. The van der Waals surface area contributed by atoms with Crippen LogP contribution in [0.1, 0.15) is 25.8 Å². The summed E-state index contributed by atoms with van der Waals surface area (Å²) < 4.78 is 26.4. The van der Waals surface area contributed by atoms with Crippen LogP contribution in [0.4, 0.5) is 11.4 Å². The largest absolute Gasteiger partial charge is 0.313 e. The van der Waals surface area contributed by atoms with Crippen molar-refractivity contribution in [2.75, 3.05) is 28.6 Å². The Bertz CT molecular complexity index is 1040. The molecule has 8 heteroatoms. The van der Waals surface area contributed by atoms with Gasteiger partial charge in [0.25, 0.3) is 0 Å². The van der Waals surface area contributed by atoms with Crippen molar-refractivity contribution >= 4 is 49.0 Å². The molecule has 0 bridgehead atoms. The fourth-order valence-electron chi connectivity index (χ4n) is 3.53. The minimum absolute atomic E-state index is 0.111. The van der Waals surface area contributed by atoms with Crippen molar-refractivity contribution in [1.29, 1.82) is 0 Å². The topological polar surface area (TPSA) is 74.8 Å². The quantitative estimate of drug-likeness (QED) is 0.635. The Kier molecular flexibility index (Phi) is 6.43. The van der Waals surface area contributed by atoms with Crippen molar-refractivity contribution in [3.63, 3.8) is 0 Å². The third-order valence-corrected chi connectivity index (χ3v) is 7.68. The number of sulfone groups is 1. The predicted molar refractivity (Wildman–Crippen MR) is 117 cm³/mol. The third-order valence-electron chi connectivity index (χ3n) is 5.01. The fourth-order valence-corrected chi connectivity index (χ4v) is 5.97. The van der Waals surface area contributed by atoms with E-state index in [1.54, 1.807) is 21.9 Å². The molecule has 2 amide bonds. The van der Waals surface area contributed by atoms with Crippen LogP contribution in [0.25, 0.3) is 0 Å². The summed E-state index contributed by atoms with van der Waals surface area (Å²) in [7, 11) is -3.71. The van der Waals surface area contributed by atoms with Crippen molar-refractivity contribution in [1.82, 2.24) is 0 Å². The normalized spacial score (nSPS) is 13.3. The molecule has 29 heavy (non-hydrogen) atoms. The van der Waals surface area contributed by atoms with Crippen LogP contribution in [0.2, 0.25) is 0 Å². The van der Waals surface area contributed by atoms with E-state index in [-0.39, 0.29) is 28.9 Å². The van der Waals surface area contributed by atoms with Crippen LogP contribution in [0, 0.1) is 0 Å². The second-order valence-corrected chi connectivity index (χ2v) is 9.81. The number of hydrogen-bond donors (Lipinski definition) is 0. The summed E-state index contributed by atoms with van der Waals surface area (Å²) in [5.41, 5.74) is 2.31. The molecule has 2 aromatic rings. The van der Waals surface area contributed by atoms with Gasteiger partial charge in [-0.25, -0.2) is 8.42 Å². The molecular formula is C21H23BrN2O4S. The SMILES string of the molecule is CCN(C(=O)CCS(=O)(=O)c1cc2c(cc1Br)CCN2C(C)=O)c1ccccc1. The van der Waals surface area contributed by atoms with E-state index in [1.165, 1.54) is 6.92 Å². The fraction of sp³-hybridized carbons (Fsp3) is 0.333. The summed E-state index contributed by atoms with van der Waals surface area (Å²) in [6, 6.07) is 12.5. The van der Waals surface area contributed by atoms with Gasteiger partial charge in [-0.1, -0.05) is 18.2 Å². The lowest BCUT2D eigenvalue weighted by atomic mass is 10.2. The highest BCUT2D eigenvalue weighted by atomic mass is 79.9. The van der Waals surface area contributed by atoms with Gasteiger partial charge >= 0.3 is 0 Å². The first-order chi connectivity index (χ1) is 13.7. The molecule has 1 aliphatic heterocycles. The van der Waals surface area contributed by atoms with Crippen LogP contribution in [0.15, 0.2) is 51.8 Å². The van der Waals surface area contributed by atoms with E-state index >= 15 is 0 Å². The number of hydrogen-bond acceptors (Lipinski definition) is 4. The van der Waals surface area contributed by atoms with Crippen molar-refractivity contribution < 1.29 is 18.0 Å². The van der Waals surface area contributed by atoms with Crippen molar-refractivity contribution in [3.05, 3.63) is 52.5 Å². The lowest BCUT2D eigenvalue weighted by Crippen LogP contribution is -2.32. The highest BCUT2D eigenvalue weighted by molar-refractivity contribution is 9.10. The van der Waals surface area contributed by atoms with Gasteiger partial charge < -0.3 is 9.80 Å². The zero-order valence-electron chi connectivity index (χ0n) is 16.4. The van der Waals surface area contributed by atoms with E-state index in [4.69, 9.17) is 0 Å². The number of nitrogens with zero attached hydrogens (tertiary/aromatic N) is 2. The Hall–Kier alpha value is -2.19. The maximum atomic E-state index is 13.0. The summed E-state index contributed by atoms with van der Waals surface area (Å²) >= 11 is 3.35. The molecule has 1 aliphatic rings. The van der Waals surface area contributed by atoms with Crippen molar-refractivity contribution in [3.8, 4) is 0 Å². The van der Waals surface area contributed by atoms with E-state index in [0.29, 0.717) is 29.7 Å². The van der Waals surface area contributed by atoms with E-state index in [1.807, 2.05) is 37.3 Å². The first-order valence-electron chi connectivity index (χ1n) is 9.43. The lowest BCUT2D eigenvalue weighted by molar-refractivity contribution is -0.118. The summed E-state index contributed by atoms with van der Waals surface area (Å²) in [5, 5.41) is 0. The molecule has 0 aromatic heterocycles. The van der Waals surface area contributed by atoms with Crippen molar-refractivity contribution in [2.45, 2.75) is 31.6 Å². The maximum absolute atomic E-state index is 13.0. The molecule has 0 aliphatic carbocycles. The number of anilines is 2. The standard InChI is InChI=1S/C21H23BrN2O4S/c1-3-23(17-7-5-4-6-8-17)21(26)10-12-29(27,28)20-14-19-16(13-18(20)22)9-11-24(19)15(2)25/h4-8,13-14H,3,9-12H2,1-2H3.